The lowest BCUT2D eigenvalue weighted by atomic mass is 9.93. The summed E-state index contributed by atoms with van der Waals surface area (Å²) in [6.07, 6.45) is 5.57. The molecule has 0 aromatic heterocycles. The van der Waals surface area contributed by atoms with E-state index in [1.54, 1.807) is 0 Å². The Morgan fingerprint density at radius 1 is 1.02 bits per heavy atom. The van der Waals surface area contributed by atoms with Crippen LogP contribution in [-0.2, 0) is 30.4 Å². The summed E-state index contributed by atoms with van der Waals surface area (Å²) in [4.78, 5) is 27.2. The number of hydrogen-bond acceptors (Lipinski definition) is 8. The summed E-state index contributed by atoms with van der Waals surface area (Å²) in [5.74, 6) is -0.0759. The number of nitrogens with zero attached hydrogens (tertiary/aromatic N) is 1. The predicted octanol–water partition coefficient (Wildman–Crippen LogP) is 3.54. The molecule has 2 aromatic rings. The summed E-state index contributed by atoms with van der Waals surface area (Å²) < 4.78 is 16.9. The minimum atomic E-state index is -1.04. The minimum Gasteiger partial charge on any atom is -0.463 e. The van der Waals surface area contributed by atoms with Crippen LogP contribution in [0.3, 0.4) is 0 Å². The molecular formula is C32H41NO7. The van der Waals surface area contributed by atoms with Crippen LogP contribution in [0.4, 0.5) is 0 Å². The molecule has 0 amide bonds. The van der Waals surface area contributed by atoms with Crippen LogP contribution < -0.4 is 0 Å². The van der Waals surface area contributed by atoms with Gasteiger partial charge in [-0.15, -0.1) is 0 Å². The molecule has 2 fully saturated rings. The first-order valence-corrected chi connectivity index (χ1v) is 14.2. The number of allylic oxidation sites excluding steroid dienone is 2. The molecule has 2 aliphatic rings. The Morgan fingerprint density at radius 3 is 2.45 bits per heavy atom. The third-order valence-corrected chi connectivity index (χ3v) is 7.58. The number of carbonyl (C=O) groups is 2. The monoisotopic (exact) mass is 551 g/mol. The number of carbonyl (C=O) groups excluding carboxylic acids is 2. The van der Waals surface area contributed by atoms with Crippen molar-refractivity contribution in [1.82, 2.24) is 4.90 Å². The summed E-state index contributed by atoms with van der Waals surface area (Å²) >= 11 is 0. The third-order valence-electron chi connectivity index (χ3n) is 7.58. The van der Waals surface area contributed by atoms with Crippen LogP contribution in [0.15, 0.2) is 66.7 Å². The first-order chi connectivity index (χ1) is 19.5. The maximum atomic E-state index is 13.2. The quantitative estimate of drug-likeness (QED) is 0.271. The van der Waals surface area contributed by atoms with Gasteiger partial charge in [0.05, 0.1) is 38.6 Å². The van der Waals surface area contributed by atoms with Crippen molar-refractivity contribution < 1.29 is 34.0 Å². The van der Waals surface area contributed by atoms with Crippen LogP contribution in [0.2, 0.25) is 0 Å². The van der Waals surface area contributed by atoms with E-state index in [1.165, 1.54) is 5.56 Å². The fraction of sp³-hybridized carbons (Fsp3) is 0.500. The Balaban J connectivity index is 1.31. The van der Waals surface area contributed by atoms with Gasteiger partial charge in [0.25, 0.3) is 0 Å². The van der Waals surface area contributed by atoms with Gasteiger partial charge in [0.1, 0.15) is 12.7 Å². The molecular weight excluding hydrogens is 510 g/mol. The fourth-order valence-electron chi connectivity index (χ4n) is 5.44. The van der Waals surface area contributed by atoms with Crippen molar-refractivity contribution in [3.63, 3.8) is 0 Å². The lowest BCUT2D eigenvalue weighted by molar-refractivity contribution is -0.147. The lowest BCUT2D eigenvalue weighted by Crippen LogP contribution is -2.49. The highest BCUT2D eigenvalue weighted by atomic mass is 16.5. The molecule has 2 aromatic carbocycles. The van der Waals surface area contributed by atoms with Gasteiger partial charge in [0.2, 0.25) is 0 Å². The molecule has 1 saturated carbocycles. The number of hydrogen-bond donors (Lipinski definition) is 2. The van der Waals surface area contributed by atoms with Gasteiger partial charge in [0.15, 0.2) is 5.78 Å². The van der Waals surface area contributed by atoms with Crippen molar-refractivity contribution in [3.05, 3.63) is 72.3 Å². The topological polar surface area (TPSA) is 106 Å². The largest absolute Gasteiger partial charge is 0.463 e. The first kappa shape index (κ1) is 30.1. The highest BCUT2D eigenvalue weighted by Crippen LogP contribution is 2.35. The smallest absolute Gasteiger partial charge is 0.306 e. The van der Waals surface area contributed by atoms with Crippen molar-refractivity contribution in [2.24, 2.45) is 5.92 Å². The van der Waals surface area contributed by atoms with E-state index in [-0.39, 0.29) is 36.9 Å². The van der Waals surface area contributed by atoms with E-state index in [4.69, 9.17) is 19.3 Å². The van der Waals surface area contributed by atoms with E-state index in [0.717, 1.165) is 37.1 Å². The van der Waals surface area contributed by atoms with Gasteiger partial charge in [-0.1, -0.05) is 66.7 Å². The molecule has 8 heteroatoms. The molecule has 4 atom stereocenters. The zero-order chi connectivity index (χ0) is 28.2. The second kappa shape index (κ2) is 15.8. The molecule has 1 aliphatic carbocycles. The maximum Gasteiger partial charge on any atom is 0.306 e. The highest BCUT2D eigenvalue weighted by molar-refractivity contribution is 5.87. The van der Waals surface area contributed by atoms with Crippen LogP contribution >= 0.6 is 0 Å². The van der Waals surface area contributed by atoms with Gasteiger partial charge >= 0.3 is 5.97 Å². The summed E-state index contributed by atoms with van der Waals surface area (Å²) in [5, 5.41) is 18.1. The van der Waals surface area contributed by atoms with E-state index in [1.807, 2.05) is 30.4 Å². The van der Waals surface area contributed by atoms with Crippen molar-refractivity contribution in [3.8, 4) is 11.1 Å². The number of esters is 1. The van der Waals surface area contributed by atoms with Gasteiger partial charge in [-0.05, 0) is 36.0 Å². The molecule has 0 spiro atoms. The molecule has 0 radical (unpaired) electrons. The van der Waals surface area contributed by atoms with Crippen LogP contribution in [0.5, 0.6) is 0 Å². The van der Waals surface area contributed by atoms with Crippen LogP contribution in [-0.4, -0.2) is 84.6 Å². The van der Waals surface area contributed by atoms with E-state index >= 15 is 0 Å². The van der Waals surface area contributed by atoms with Crippen molar-refractivity contribution >= 4 is 11.8 Å². The van der Waals surface area contributed by atoms with Gasteiger partial charge in [-0.3, -0.25) is 14.5 Å². The summed E-state index contributed by atoms with van der Waals surface area (Å²) in [6.45, 7) is 2.61. The maximum absolute atomic E-state index is 13.2. The van der Waals surface area contributed by atoms with Crippen molar-refractivity contribution in [2.75, 3.05) is 39.5 Å². The van der Waals surface area contributed by atoms with Crippen LogP contribution in [0.25, 0.3) is 11.1 Å². The highest BCUT2D eigenvalue weighted by Gasteiger charge is 2.45. The Bertz CT molecular complexity index is 1080. The third kappa shape index (κ3) is 8.81. The average molecular weight is 552 g/mol. The Labute approximate surface area is 236 Å². The van der Waals surface area contributed by atoms with E-state index in [0.29, 0.717) is 32.7 Å². The number of ether oxygens (including phenoxy) is 3. The molecule has 216 valence electrons. The number of morpholine rings is 1. The van der Waals surface area contributed by atoms with Gasteiger partial charge < -0.3 is 24.4 Å². The molecule has 40 heavy (non-hydrogen) atoms. The number of rotatable bonds is 14. The second-order valence-corrected chi connectivity index (χ2v) is 10.4. The Hall–Kier alpha value is -2.88. The number of ketones is 1. The molecule has 1 unspecified atom stereocenters. The van der Waals surface area contributed by atoms with E-state index in [9.17, 15) is 14.7 Å². The summed E-state index contributed by atoms with van der Waals surface area (Å²) in [7, 11) is 0. The predicted molar refractivity (Wildman–Crippen MR) is 151 cm³/mol. The molecule has 0 bridgehead atoms. The van der Waals surface area contributed by atoms with E-state index in [2.05, 4.69) is 41.3 Å². The number of benzene rings is 2. The normalized spacial score (nSPS) is 22.6. The van der Waals surface area contributed by atoms with Crippen molar-refractivity contribution in [1.29, 1.82) is 0 Å². The van der Waals surface area contributed by atoms with Crippen LogP contribution in [0.1, 0.15) is 37.7 Å². The zero-order valence-corrected chi connectivity index (χ0v) is 23.0. The fourth-order valence-corrected chi connectivity index (χ4v) is 5.44. The molecule has 1 aliphatic heterocycles. The van der Waals surface area contributed by atoms with Crippen molar-refractivity contribution in [2.45, 2.75) is 57.0 Å². The summed E-state index contributed by atoms with van der Waals surface area (Å²) in [6, 6.07) is 18.5. The molecule has 1 heterocycles. The number of aliphatic hydroxyl groups is 2. The minimum absolute atomic E-state index is 0.0868. The van der Waals surface area contributed by atoms with Crippen LogP contribution in [0, 0.1) is 5.92 Å². The Morgan fingerprint density at radius 2 is 1.73 bits per heavy atom. The average Bonchev–Trinajstić information content (AvgIpc) is 3.32. The van der Waals surface area contributed by atoms with Gasteiger partial charge in [-0.25, -0.2) is 0 Å². The Kier molecular flexibility index (Phi) is 11.9. The molecule has 2 N–H and O–H groups in total. The second-order valence-electron chi connectivity index (χ2n) is 10.4. The number of Topliss-reactive ketones (excluding diaryl/α,β-unsaturated/α-hetero) is 1. The molecule has 1 saturated heterocycles. The lowest BCUT2D eigenvalue weighted by Gasteiger charge is -2.35. The first-order valence-electron chi connectivity index (χ1n) is 14.2. The van der Waals surface area contributed by atoms with Gasteiger partial charge in [0, 0.05) is 31.8 Å². The molecule has 8 nitrogen and oxygen atoms in total. The summed E-state index contributed by atoms with van der Waals surface area (Å²) in [5.41, 5.74) is 3.42. The number of aliphatic hydroxyl groups excluding tert-OH is 2. The zero-order valence-electron chi connectivity index (χ0n) is 23.0. The molecule has 4 rings (SSSR count). The standard InChI is InChI=1S/C32H41NO7/c34-21-27(35)23-40-31(37)11-7-2-1-6-10-28-30(20-29(36)32(28)33-16-18-38-19-17-33)39-22-24-12-14-26(15-13-24)25-8-4-3-5-9-25/h1-5,8-9,12-15,27-28,30,32,34-35H,6-7,10-11,16-23H2/b2-1-/t27?,28-,30-,32+/m0/s1. The van der Waals surface area contributed by atoms with E-state index < -0.39 is 18.7 Å². The van der Waals surface area contributed by atoms with Gasteiger partial charge in [-0.2, -0.15) is 0 Å². The SMILES string of the molecule is O=C(CC/C=C\CC[C@H]1[C@@H](OCc2ccc(-c3ccccc3)cc2)CC(=O)[C@@H]1N1CCOCC1)OCC(O)CO.